The summed E-state index contributed by atoms with van der Waals surface area (Å²) in [6.45, 7) is 0. The van der Waals surface area contributed by atoms with Gasteiger partial charge in [0.1, 0.15) is 0 Å². The smallest absolute Gasteiger partial charge is 0.224 e. The van der Waals surface area contributed by atoms with E-state index >= 15 is 0 Å². The summed E-state index contributed by atoms with van der Waals surface area (Å²) >= 11 is 0. The molecule has 2 nitrogen and oxygen atoms in total. The highest BCUT2D eigenvalue weighted by Gasteiger charge is 2.23. The number of nitrogens with one attached hydrogen (secondary N) is 1. The van der Waals surface area contributed by atoms with Crippen molar-refractivity contribution in [3.63, 3.8) is 0 Å². The van der Waals surface area contributed by atoms with Gasteiger partial charge in [-0.25, -0.2) is 0 Å². The van der Waals surface area contributed by atoms with E-state index in [1.807, 2.05) is 36.4 Å². The van der Waals surface area contributed by atoms with E-state index in [4.69, 9.17) is 0 Å². The van der Waals surface area contributed by atoms with Crippen LogP contribution in [0.15, 0.2) is 72.8 Å². The Hall–Kier alpha value is -2.35. The highest BCUT2D eigenvalue weighted by molar-refractivity contribution is 5.80. The molecule has 0 spiro atoms. The Labute approximate surface area is 131 Å². The number of carbonyl (C=O) groups is 1. The summed E-state index contributed by atoms with van der Waals surface area (Å²) in [5.74, 6) is 0.252. The summed E-state index contributed by atoms with van der Waals surface area (Å²) in [6.07, 6.45) is 7.07. The Morgan fingerprint density at radius 2 is 1.50 bits per heavy atom. The first-order valence-corrected chi connectivity index (χ1v) is 7.90. The molecule has 1 amide bonds. The van der Waals surface area contributed by atoms with Crippen molar-refractivity contribution >= 4 is 5.91 Å². The van der Waals surface area contributed by atoms with Gasteiger partial charge in [0.05, 0.1) is 6.04 Å². The van der Waals surface area contributed by atoms with Crippen LogP contribution in [-0.2, 0) is 4.79 Å². The van der Waals surface area contributed by atoms with E-state index < -0.39 is 0 Å². The molecule has 0 radical (unpaired) electrons. The number of carbonyl (C=O) groups excluding carboxylic acids is 1. The van der Waals surface area contributed by atoms with Crippen LogP contribution in [-0.4, -0.2) is 5.91 Å². The predicted molar refractivity (Wildman–Crippen MR) is 89.4 cm³/mol. The number of hydrogen-bond acceptors (Lipinski definition) is 1. The van der Waals surface area contributed by atoms with Crippen LogP contribution in [0.25, 0.3) is 0 Å². The van der Waals surface area contributed by atoms with Crippen molar-refractivity contribution in [1.82, 2.24) is 5.32 Å². The Bertz CT molecular complexity index is 594. The topological polar surface area (TPSA) is 29.1 Å². The molecule has 0 fully saturated rings. The lowest BCUT2D eigenvalue weighted by molar-refractivity contribution is -0.125. The van der Waals surface area contributed by atoms with Crippen molar-refractivity contribution in [3.8, 4) is 0 Å². The van der Waals surface area contributed by atoms with Gasteiger partial charge in [0.15, 0.2) is 0 Å². The fourth-order valence-electron chi connectivity index (χ4n) is 2.94. The molecule has 0 aliphatic heterocycles. The highest BCUT2D eigenvalue weighted by atomic mass is 16.1. The van der Waals surface area contributed by atoms with Gasteiger partial charge in [-0.3, -0.25) is 4.79 Å². The van der Waals surface area contributed by atoms with E-state index in [0.29, 0.717) is 0 Å². The zero-order chi connectivity index (χ0) is 15.2. The molecule has 2 heteroatoms. The molecule has 1 N–H and O–H groups in total. The van der Waals surface area contributed by atoms with Gasteiger partial charge >= 0.3 is 0 Å². The Balaban J connectivity index is 1.83. The predicted octanol–water partition coefficient (Wildman–Crippen LogP) is 4.25. The lowest BCUT2D eigenvalue weighted by atomic mass is 9.92. The molecule has 0 heterocycles. The SMILES string of the molecule is O=C(NC(c1ccccc1)c1ccccc1)[C@H]1CC=CCC1. The molecule has 0 unspecified atom stereocenters. The molecule has 0 saturated carbocycles. The van der Waals surface area contributed by atoms with Crippen LogP contribution in [0.5, 0.6) is 0 Å². The van der Waals surface area contributed by atoms with Crippen LogP contribution in [0.3, 0.4) is 0 Å². The molecule has 1 aliphatic carbocycles. The Kier molecular flexibility index (Phi) is 4.69. The third-order valence-corrected chi connectivity index (χ3v) is 4.19. The fraction of sp³-hybridized carbons (Fsp3) is 0.250. The largest absolute Gasteiger partial charge is 0.345 e. The second-order valence-electron chi connectivity index (χ2n) is 5.74. The van der Waals surface area contributed by atoms with Gasteiger partial charge in [-0.2, -0.15) is 0 Å². The maximum absolute atomic E-state index is 12.6. The molecule has 1 atom stereocenters. The molecule has 0 aromatic heterocycles. The normalized spacial score (nSPS) is 17.4. The molecule has 3 rings (SSSR count). The minimum absolute atomic E-state index is 0.0826. The third kappa shape index (κ3) is 3.45. The average molecular weight is 291 g/mol. The van der Waals surface area contributed by atoms with Crippen molar-refractivity contribution in [2.24, 2.45) is 5.92 Å². The van der Waals surface area contributed by atoms with Gasteiger partial charge in [0.25, 0.3) is 0 Å². The van der Waals surface area contributed by atoms with E-state index in [-0.39, 0.29) is 17.9 Å². The fourth-order valence-corrected chi connectivity index (χ4v) is 2.94. The molecule has 2 aromatic carbocycles. The number of amides is 1. The monoisotopic (exact) mass is 291 g/mol. The van der Waals surface area contributed by atoms with Gasteiger partial charge in [0, 0.05) is 5.92 Å². The first-order valence-electron chi connectivity index (χ1n) is 7.90. The molecule has 2 aromatic rings. The highest BCUT2D eigenvalue weighted by Crippen LogP contribution is 2.24. The van der Waals surface area contributed by atoms with Crippen LogP contribution in [0.1, 0.15) is 36.4 Å². The van der Waals surface area contributed by atoms with E-state index in [1.165, 1.54) is 0 Å². The molecule has 0 saturated heterocycles. The number of allylic oxidation sites excluding steroid dienone is 2. The molecule has 0 bridgehead atoms. The van der Waals surface area contributed by atoms with Gasteiger partial charge in [-0.1, -0.05) is 72.8 Å². The van der Waals surface area contributed by atoms with Crippen LogP contribution in [0.2, 0.25) is 0 Å². The first kappa shape index (κ1) is 14.6. The van der Waals surface area contributed by atoms with Crippen LogP contribution in [0.4, 0.5) is 0 Å². The lowest BCUT2D eigenvalue weighted by Gasteiger charge is -2.24. The summed E-state index contributed by atoms with van der Waals surface area (Å²) in [4.78, 5) is 12.6. The van der Waals surface area contributed by atoms with Crippen molar-refractivity contribution < 1.29 is 4.79 Å². The first-order chi connectivity index (χ1) is 10.8. The van der Waals surface area contributed by atoms with Gasteiger partial charge in [0.2, 0.25) is 5.91 Å². The third-order valence-electron chi connectivity index (χ3n) is 4.19. The minimum atomic E-state index is -0.0826. The second-order valence-corrected chi connectivity index (χ2v) is 5.74. The summed E-state index contributed by atoms with van der Waals surface area (Å²) in [5, 5.41) is 3.25. The number of hydrogen-bond donors (Lipinski definition) is 1. The molecular weight excluding hydrogens is 270 g/mol. The van der Waals surface area contributed by atoms with Crippen LogP contribution in [0, 0.1) is 5.92 Å². The maximum Gasteiger partial charge on any atom is 0.224 e. The maximum atomic E-state index is 12.6. The van der Waals surface area contributed by atoms with Gasteiger partial charge in [-0.15, -0.1) is 0 Å². The summed E-state index contributed by atoms with van der Waals surface area (Å²) in [5.41, 5.74) is 2.24. The molecule has 22 heavy (non-hydrogen) atoms. The number of rotatable bonds is 4. The van der Waals surface area contributed by atoms with E-state index in [0.717, 1.165) is 30.4 Å². The lowest BCUT2D eigenvalue weighted by Crippen LogP contribution is -2.35. The molecule has 1 aliphatic rings. The van der Waals surface area contributed by atoms with Gasteiger partial charge in [-0.05, 0) is 30.4 Å². The zero-order valence-electron chi connectivity index (χ0n) is 12.6. The Morgan fingerprint density at radius 1 is 0.909 bits per heavy atom. The summed E-state index contributed by atoms with van der Waals surface area (Å²) in [6, 6.07) is 20.2. The van der Waals surface area contributed by atoms with E-state index in [1.54, 1.807) is 0 Å². The quantitative estimate of drug-likeness (QED) is 0.838. The molecule has 112 valence electrons. The summed E-state index contributed by atoms with van der Waals surface area (Å²) in [7, 11) is 0. The van der Waals surface area contributed by atoms with Crippen molar-refractivity contribution in [1.29, 1.82) is 0 Å². The van der Waals surface area contributed by atoms with Crippen LogP contribution < -0.4 is 5.32 Å². The van der Waals surface area contributed by atoms with Crippen molar-refractivity contribution in [3.05, 3.63) is 83.9 Å². The standard InChI is InChI=1S/C20H21NO/c22-20(18-14-8-3-9-15-18)21-19(16-10-4-1-5-11-16)17-12-6-2-7-13-17/h1-8,10-13,18-19H,9,14-15H2,(H,21,22)/t18-/m0/s1. The summed E-state index contributed by atoms with van der Waals surface area (Å²) < 4.78 is 0. The Morgan fingerprint density at radius 3 is 2.00 bits per heavy atom. The minimum Gasteiger partial charge on any atom is -0.345 e. The van der Waals surface area contributed by atoms with Crippen LogP contribution >= 0.6 is 0 Å². The van der Waals surface area contributed by atoms with Crippen molar-refractivity contribution in [2.75, 3.05) is 0 Å². The van der Waals surface area contributed by atoms with E-state index in [2.05, 4.69) is 41.7 Å². The van der Waals surface area contributed by atoms with E-state index in [9.17, 15) is 4.79 Å². The van der Waals surface area contributed by atoms with Crippen molar-refractivity contribution in [2.45, 2.75) is 25.3 Å². The second kappa shape index (κ2) is 7.08. The zero-order valence-corrected chi connectivity index (χ0v) is 12.6. The molecular formula is C20H21NO. The number of benzene rings is 2. The van der Waals surface area contributed by atoms with Gasteiger partial charge < -0.3 is 5.32 Å². The average Bonchev–Trinajstić information content (AvgIpc) is 2.62.